The van der Waals surface area contributed by atoms with E-state index in [-0.39, 0.29) is 5.91 Å². The highest BCUT2D eigenvalue weighted by Crippen LogP contribution is 2.45. The molecule has 2 aliphatic heterocycles. The van der Waals surface area contributed by atoms with Crippen LogP contribution < -0.4 is 10.2 Å². The molecule has 5 rings (SSSR count). The van der Waals surface area contributed by atoms with Gasteiger partial charge in [-0.25, -0.2) is 0 Å². The van der Waals surface area contributed by atoms with Crippen LogP contribution >= 0.6 is 11.8 Å². The molecule has 138 valence electrons. The van der Waals surface area contributed by atoms with Crippen molar-refractivity contribution in [2.75, 3.05) is 16.8 Å². The van der Waals surface area contributed by atoms with Crippen molar-refractivity contribution >= 4 is 40.3 Å². The van der Waals surface area contributed by atoms with E-state index in [1.54, 1.807) is 18.7 Å². The molecule has 1 amide bonds. The molecule has 0 saturated carbocycles. The van der Waals surface area contributed by atoms with Gasteiger partial charge < -0.3 is 10.2 Å². The molecule has 0 aromatic heterocycles. The molecule has 0 aliphatic carbocycles. The summed E-state index contributed by atoms with van der Waals surface area (Å²) < 4.78 is 0. The van der Waals surface area contributed by atoms with Crippen LogP contribution in [0.2, 0.25) is 0 Å². The number of para-hydroxylation sites is 1. The highest BCUT2D eigenvalue weighted by molar-refractivity contribution is 7.99. The second-order valence-corrected chi connectivity index (χ2v) is 8.26. The van der Waals surface area contributed by atoms with Crippen LogP contribution in [-0.2, 0) is 11.2 Å². The van der Waals surface area contributed by atoms with Crippen LogP contribution in [0.25, 0.3) is 5.57 Å². The Morgan fingerprint density at radius 1 is 1.00 bits per heavy atom. The van der Waals surface area contributed by atoms with E-state index in [0.717, 1.165) is 46.7 Å². The Balaban J connectivity index is 1.45. The third kappa shape index (κ3) is 2.81. The predicted molar refractivity (Wildman–Crippen MR) is 117 cm³/mol. The monoisotopic (exact) mass is 384 g/mol. The Labute approximate surface area is 169 Å². The lowest BCUT2D eigenvalue weighted by atomic mass is 9.96. The van der Waals surface area contributed by atoms with Crippen LogP contribution in [-0.4, -0.2) is 12.5 Å². The highest BCUT2D eigenvalue weighted by atomic mass is 32.2. The molecule has 0 atom stereocenters. The van der Waals surface area contributed by atoms with Crippen molar-refractivity contribution in [1.82, 2.24) is 0 Å². The summed E-state index contributed by atoms with van der Waals surface area (Å²) in [5, 5.41) is 3.54. The lowest BCUT2D eigenvalue weighted by Crippen LogP contribution is -2.25. The average molecular weight is 385 g/mol. The molecule has 0 unspecified atom stereocenters. The van der Waals surface area contributed by atoms with E-state index in [9.17, 15) is 4.79 Å². The second kappa shape index (κ2) is 6.57. The van der Waals surface area contributed by atoms with Gasteiger partial charge in [-0.05, 0) is 65.1 Å². The van der Waals surface area contributed by atoms with Gasteiger partial charge in [-0.2, -0.15) is 0 Å². The molecule has 0 spiro atoms. The summed E-state index contributed by atoms with van der Waals surface area (Å²) in [6.45, 7) is 6.74. The quantitative estimate of drug-likeness (QED) is 0.469. The number of anilines is 3. The highest BCUT2D eigenvalue weighted by Gasteiger charge is 2.23. The Morgan fingerprint density at radius 3 is 2.61 bits per heavy atom. The van der Waals surface area contributed by atoms with Gasteiger partial charge in [0.2, 0.25) is 5.91 Å². The predicted octanol–water partition coefficient (Wildman–Crippen LogP) is 5.87. The van der Waals surface area contributed by atoms with Gasteiger partial charge in [0.25, 0.3) is 0 Å². The molecule has 4 heteroatoms. The number of hydrogen-bond acceptors (Lipinski definition) is 3. The fourth-order valence-corrected chi connectivity index (χ4v) is 4.88. The lowest BCUT2D eigenvalue weighted by Gasteiger charge is -2.22. The van der Waals surface area contributed by atoms with Gasteiger partial charge in [0, 0.05) is 28.9 Å². The number of carbonyl (C=O) groups excluding carboxylic acids is 1. The molecule has 3 aromatic rings. The average Bonchev–Trinajstić information content (AvgIpc) is 3.14. The fraction of sp³-hybridized carbons (Fsp3) is 0.125. The number of nitrogens with one attached hydrogen (secondary N) is 1. The van der Waals surface area contributed by atoms with Crippen LogP contribution in [0, 0.1) is 0 Å². The fourth-order valence-electron chi connectivity index (χ4n) is 3.91. The van der Waals surface area contributed by atoms with Crippen LogP contribution in [0.1, 0.15) is 23.6 Å². The van der Waals surface area contributed by atoms with E-state index < -0.39 is 0 Å². The van der Waals surface area contributed by atoms with E-state index in [0.29, 0.717) is 0 Å². The molecule has 0 bridgehead atoms. The molecule has 28 heavy (non-hydrogen) atoms. The molecule has 1 N–H and O–H groups in total. The minimum atomic E-state index is 0.101. The van der Waals surface area contributed by atoms with E-state index in [1.807, 2.05) is 11.0 Å². The van der Waals surface area contributed by atoms with Gasteiger partial charge in [-0.15, -0.1) is 0 Å². The van der Waals surface area contributed by atoms with Crippen LogP contribution in [0.4, 0.5) is 17.1 Å². The number of amides is 1. The summed E-state index contributed by atoms with van der Waals surface area (Å²) in [4.78, 5) is 16.1. The number of carbonyl (C=O) groups is 1. The minimum Gasteiger partial charge on any atom is -0.354 e. The van der Waals surface area contributed by atoms with Crippen molar-refractivity contribution < 1.29 is 4.79 Å². The maximum absolute atomic E-state index is 11.8. The Morgan fingerprint density at radius 2 is 1.75 bits per heavy atom. The van der Waals surface area contributed by atoms with Gasteiger partial charge >= 0.3 is 0 Å². The number of rotatable bonds is 2. The zero-order valence-corrected chi connectivity index (χ0v) is 16.5. The molecule has 3 nitrogen and oxygen atoms in total. The summed E-state index contributed by atoms with van der Waals surface area (Å²) in [5.41, 5.74) is 7.72. The number of hydrogen-bond donors (Lipinski definition) is 1. The summed E-state index contributed by atoms with van der Waals surface area (Å²) in [6.07, 6.45) is 0.898. The van der Waals surface area contributed by atoms with Gasteiger partial charge in [0.15, 0.2) is 0 Å². The first kappa shape index (κ1) is 17.1. The lowest BCUT2D eigenvalue weighted by molar-refractivity contribution is -0.116. The van der Waals surface area contributed by atoms with Crippen LogP contribution in [0.3, 0.4) is 0 Å². The van der Waals surface area contributed by atoms with Crippen molar-refractivity contribution in [3.63, 3.8) is 0 Å². The van der Waals surface area contributed by atoms with Crippen LogP contribution in [0.5, 0.6) is 0 Å². The molecule has 3 aromatic carbocycles. The van der Waals surface area contributed by atoms with Crippen molar-refractivity contribution in [2.45, 2.75) is 23.1 Å². The smallest absolute Gasteiger partial charge is 0.223 e. The van der Waals surface area contributed by atoms with Crippen molar-refractivity contribution in [2.24, 2.45) is 0 Å². The van der Waals surface area contributed by atoms with Crippen molar-refractivity contribution in [3.05, 3.63) is 83.9 Å². The molecular formula is C24H20N2OS. The van der Waals surface area contributed by atoms with E-state index in [4.69, 9.17) is 0 Å². The maximum Gasteiger partial charge on any atom is 0.223 e. The Kier molecular flexibility index (Phi) is 4.02. The van der Waals surface area contributed by atoms with Crippen molar-refractivity contribution in [3.8, 4) is 0 Å². The summed E-state index contributed by atoms with van der Waals surface area (Å²) in [6, 6.07) is 21.1. The van der Waals surface area contributed by atoms with E-state index in [1.165, 1.54) is 15.4 Å². The van der Waals surface area contributed by atoms with Gasteiger partial charge in [-0.3, -0.25) is 4.79 Å². The number of fused-ring (bicyclic) bond motifs is 3. The Bertz CT molecular complexity index is 1140. The third-order valence-electron chi connectivity index (χ3n) is 5.41. The molecule has 0 fully saturated rings. The molecule has 0 saturated heterocycles. The second-order valence-electron chi connectivity index (χ2n) is 7.18. The van der Waals surface area contributed by atoms with Gasteiger partial charge in [0.05, 0.1) is 11.4 Å². The summed E-state index contributed by atoms with van der Waals surface area (Å²) in [7, 11) is 0. The summed E-state index contributed by atoms with van der Waals surface area (Å²) in [5.74, 6) is 0.101. The zero-order chi connectivity index (χ0) is 19.3. The summed E-state index contributed by atoms with van der Waals surface area (Å²) >= 11 is 1.79. The van der Waals surface area contributed by atoms with Crippen LogP contribution in [0.15, 0.2) is 77.0 Å². The Hall–Kier alpha value is -2.98. The first-order valence-corrected chi connectivity index (χ1v) is 10.2. The van der Waals surface area contributed by atoms with E-state index >= 15 is 0 Å². The zero-order valence-electron chi connectivity index (χ0n) is 15.7. The maximum atomic E-state index is 11.8. The molecule has 2 heterocycles. The largest absolute Gasteiger partial charge is 0.354 e. The third-order valence-corrected chi connectivity index (χ3v) is 6.56. The van der Waals surface area contributed by atoms with Crippen molar-refractivity contribution in [1.29, 1.82) is 0 Å². The topological polar surface area (TPSA) is 32.3 Å². The first-order chi connectivity index (χ1) is 13.6. The number of benzene rings is 3. The minimum absolute atomic E-state index is 0.101. The normalized spacial score (nSPS) is 14.0. The molecule has 2 aliphatic rings. The van der Waals surface area contributed by atoms with Gasteiger partial charge in [0.1, 0.15) is 0 Å². The van der Waals surface area contributed by atoms with E-state index in [2.05, 4.69) is 66.5 Å². The first-order valence-electron chi connectivity index (χ1n) is 9.39. The number of nitrogens with zero attached hydrogens (tertiary/aromatic N) is 1. The molecular weight excluding hydrogens is 364 g/mol. The standard InChI is InChI=1S/C24H20N2OS/c1-15(17-7-9-22-19(13-17)11-12-26(22)16(2)27)18-8-10-24-21(14-18)25-20-5-3-4-6-23(20)28-24/h3-10,13-14,25H,1,11-12H2,2H3. The van der Waals surface area contributed by atoms with Gasteiger partial charge in [-0.1, -0.05) is 42.6 Å². The SMILES string of the molecule is C=C(c1ccc2c(c1)CCN2C(C)=O)c1ccc2c(c1)Nc1ccccc1S2. The molecule has 0 radical (unpaired) electrons.